The number of unbranched alkanes of at least 4 members (excludes halogenated alkanes) is 3. The first-order chi connectivity index (χ1) is 35.6. The number of likely N-dealkylation sites (N-methyl/N-ethyl adjacent to an activating group) is 1. The number of amides is 7. The molecule has 5 atom stereocenters. The first-order valence-corrected chi connectivity index (χ1v) is 26.6. The van der Waals surface area contributed by atoms with Crippen LogP contribution in [0.5, 0.6) is 0 Å². The number of urea groups is 1. The van der Waals surface area contributed by atoms with Crippen LogP contribution in [-0.2, 0) is 26.5 Å². The van der Waals surface area contributed by atoms with Crippen molar-refractivity contribution in [1.29, 1.82) is 0 Å². The largest absolute Gasteiger partial charge is 0.391 e. The third-order valence-electron chi connectivity index (χ3n) is 14.1. The zero-order valence-electron chi connectivity index (χ0n) is 44.6. The van der Waals surface area contributed by atoms with E-state index in [0.29, 0.717) is 42.9 Å². The minimum absolute atomic E-state index is 0.0129. The van der Waals surface area contributed by atoms with Crippen molar-refractivity contribution in [2.75, 3.05) is 39.0 Å². The van der Waals surface area contributed by atoms with Gasteiger partial charge in [-0.05, 0) is 101 Å². The van der Waals surface area contributed by atoms with Gasteiger partial charge in [0.15, 0.2) is 5.82 Å². The summed E-state index contributed by atoms with van der Waals surface area (Å²) in [5, 5.41) is 33.1. The van der Waals surface area contributed by atoms with Crippen molar-refractivity contribution < 1.29 is 33.9 Å². The zero-order valence-corrected chi connectivity index (χ0v) is 45.4. The molecule has 0 unspecified atom stereocenters. The van der Waals surface area contributed by atoms with Gasteiger partial charge in [-0.15, -0.1) is 11.3 Å². The number of H-pyrrole nitrogens is 1. The molecule has 7 N–H and O–H groups in total. The summed E-state index contributed by atoms with van der Waals surface area (Å²) >= 11 is 1.57. The summed E-state index contributed by atoms with van der Waals surface area (Å²) in [6, 6.07) is 21.5. The monoisotopic (exact) mass is 1040 g/mol. The van der Waals surface area contributed by atoms with E-state index in [1.54, 1.807) is 40.5 Å². The van der Waals surface area contributed by atoms with Crippen molar-refractivity contribution in [3.05, 3.63) is 124 Å². The van der Waals surface area contributed by atoms with E-state index in [0.717, 1.165) is 51.4 Å². The van der Waals surface area contributed by atoms with E-state index in [2.05, 4.69) is 41.8 Å². The number of anilines is 1. The van der Waals surface area contributed by atoms with Gasteiger partial charge in [-0.3, -0.25) is 29.1 Å². The van der Waals surface area contributed by atoms with Crippen LogP contribution in [0.4, 0.5) is 10.6 Å². The summed E-state index contributed by atoms with van der Waals surface area (Å²) < 4.78 is 0. The Hall–Kier alpha value is -6.96. The fourth-order valence-electron chi connectivity index (χ4n) is 9.73. The number of hydrogen-bond donors (Lipinski definition) is 7. The number of thiazole rings is 1. The molecule has 3 aromatic carbocycles. The van der Waals surface area contributed by atoms with Crippen molar-refractivity contribution in [3.8, 4) is 10.4 Å². The lowest BCUT2D eigenvalue weighted by Crippen LogP contribution is -2.57. The average molecular weight is 1040 g/mol. The molecule has 0 saturated carbocycles. The van der Waals surface area contributed by atoms with Gasteiger partial charge in [-0.1, -0.05) is 88.2 Å². The highest BCUT2D eigenvalue weighted by atomic mass is 32.1. The molecule has 1 saturated heterocycles. The van der Waals surface area contributed by atoms with Gasteiger partial charge >= 0.3 is 6.03 Å². The van der Waals surface area contributed by atoms with Gasteiger partial charge < -0.3 is 46.4 Å². The average Bonchev–Trinajstić information content (AvgIpc) is 4.16. The van der Waals surface area contributed by atoms with Crippen LogP contribution in [0.3, 0.4) is 0 Å². The number of benzene rings is 3. The van der Waals surface area contributed by atoms with Gasteiger partial charge in [0.2, 0.25) is 17.7 Å². The smallest absolute Gasteiger partial charge is 0.319 e. The molecular formula is C56H73N11O7S. The Bertz CT molecular complexity index is 2810. The predicted molar refractivity (Wildman–Crippen MR) is 290 cm³/mol. The summed E-state index contributed by atoms with van der Waals surface area (Å²) in [4.78, 5) is 91.9. The lowest BCUT2D eigenvalue weighted by molar-refractivity contribution is -0.144. The van der Waals surface area contributed by atoms with Crippen molar-refractivity contribution in [3.63, 3.8) is 0 Å². The Morgan fingerprint density at radius 2 is 1.53 bits per heavy atom. The maximum Gasteiger partial charge on any atom is 0.319 e. The quantitative estimate of drug-likeness (QED) is 0.0387. The molecule has 0 spiro atoms. The first-order valence-electron chi connectivity index (χ1n) is 25.8. The van der Waals surface area contributed by atoms with Crippen LogP contribution in [0, 0.1) is 12.3 Å². The molecule has 75 heavy (non-hydrogen) atoms. The third-order valence-corrected chi connectivity index (χ3v) is 15.1. The molecule has 0 radical (unpaired) electrons. The fraction of sp³-hybridized carbons (Fsp3) is 0.464. The number of carbonyl (C=O) groups is 6. The third kappa shape index (κ3) is 13.7. The molecule has 18 nitrogen and oxygen atoms in total. The Morgan fingerprint density at radius 1 is 0.867 bits per heavy atom. The number of aromatic nitrogens is 3. The minimum atomic E-state index is -0.922. The number of aryl methyl sites for hydroxylation is 1. The summed E-state index contributed by atoms with van der Waals surface area (Å²) in [6.07, 6.45) is 2.14. The number of hydrogen-bond acceptors (Lipinski definition) is 11. The molecule has 7 rings (SSSR count). The standard InChI is InChI=1S/C56H73N11O7S/c1-34(36-20-22-38(23-21-36)46-35(2)58-33-75-46)59-52(72)44-29-41(68)30-66(44)53(73)48(55(3,4)5)61-45(69)19-15-10-11-16-28-57-50(70)39-24-26-40(27-25-39)51(71)62-49-42-31-67(56(6,7)47(42)63-64-49)54(74)60-43(32-65(8)9)37-17-13-12-14-18-37/h12-14,17-18,20-27,33-34,41,43-44,48,68H,10-11,15-16,19,28-32H2,1-9H3,(H,57,70)(H,59,72)(H,60,74)(H,61,69)(H2,62,63,64,71)/t34-,41+,43+,44-,48+/m0/s1. The highest BCUT2D eigenvalue weighted by Gasteiger charge is 2.46. The number of aromatic amines is 1. The highest BCUT2D eigenvalue weighted by Crippen LogP contribution is 2.41. The molecule has 2 aliphatic rings. The van der Waals surface area contributed by atoms with Gasteiger partial charge in [0, 0.05) is 49.2 Å². The Balaban J connectivity index is 0.820. The van der Waals surface area contributed by atoms with Gasteiger partial charge in [0.05, 0.1) is 52.0 Å². The second-order valence-electron chi connectivity index (χ2n) is 21.6. The maximum absolute atomic E-state index is 14.1. The van der Waals surface area contributed by atoms with Gasteiger partial charge in [-0.2, -0.15) is 5.10 Å². The summed E-state index contributed by atoms with van der Waals surface area (Å²) in [7, 11) is 3.92. The van der Waals surface area contributed by atoms with E-state index in [4.69, 9.17) is 0 Å². The van der Waals surface area contributed by atoms with Gasteiger partial charge in [0.25, 0.3) is 11.8 Å². The normalized spacial score (nSPS) is 17.2. The van der Waals surface area contributed by atoms with Crippen LogP contribution in [0.15, 0.2) is 84.4 Å². The molecule has 7 amide bonds. The van der Waals surface area contributed by atoms with Crippen LogP contribution < -0.4 is 26.6 Å². The fourth-order valence-corrected chi connectivity index (χ4v) is 10.5. The number of nitrogens with one attached hydrogen (secondary N) is 6. The molecule has 2 aliphatic heterocycles. The zero-order chi connectivity index (χ0) is 54.2. The number of fused-ring (bicyclic) bond motifs is 1. The molecular weight excluding hydrogens is 971 g/mol. The van der Waals surface area contributed by atoms with E-state index >= 15 is 0 Å². The summed E-state index contributed by atoms with van der Waals surface area (Å²) in [6.45, 7) is 14.5. The van der Waals surface area contributed by atoms with Gasteiger partial charge in [0.1, 0.15) is 12.1 Å². The minimum Gasteiger partial charge on any atom is -0.391 e. The maximum atomic E-state index is 14.1. The number of nitrogens with zero attached hydrogens (tertiary/aromatic N) is 5. The number of aliphatic hydroxyl groups is 1. The van der Waals surface area contributed by atoms with Crippen LogP contribution in [0.25, 0.3) is 10.4 Å². The molecule has 5 aromatic rings. The molecule has 4 heterocycles. The summed E-state index contributed by atoms with van der Waals surface area (Å²) in [5.41, 5.74) is 6.48. The number of β-amino-alcohol motifs (C(OH)–C–C–N with tert-alkyl or cyclic N) is 1. The van der Waals surface area contributed by atoms with E-state index in [1.165, 1.54) is 4.90 Å². The topological polar surface area (TPSA) is 234 Å². The number of carbonyl (C=O) groups excluding carboxylic acids is 6. The van der Waals surface area contributed by atoms with Crippen molar-refractivity contribution in [2.45, 2.75) is 129 Å². The van der Waals surface area contributed by atoms with Crippen molar-refractivity contribution in [1.82, 2.24) is 51.1 Å². The molecule has 1 fully saturated rings. The number of likely N-dealkylation sites (tertiary alicyclic amines) is 1. The van der Waals surface area contributed by atoms with Crippen LogP contribution in [0.1, 0.15) is 141 Å². The van der Waals surface area contributed by atoms with Gasteiger partial charge in [-0.25, -0.2) is 9.78 Å². The molecule has 2 aromatic heterocycles. The van der Waals surface area contributed by atoms with Crippen LogP contribution >= 0.6 is 11.3 Å². The Kier molecular flexibility index (Phi) is 18.0. The SMILES string of the molecule is Cc1ncsc1-c1ccc([C@H](C)NC(=O)[C@@H]2C[C@@H](O)CN2C(=O)[C@@H](NC(=O)CCCCCCNC(=O)c2ccc(C(=O)Nc3n[nH]c4c3CN(C(=O)N[C@H](CN(C)C)c3ccccc3)C4(C)C)cc2)C(C)(C)C)cc1. The molecule has 19 heteroatoms. The van der Waals surface area contributed by atoms with Crippen molar-refractivity contribution in [2.24, 2.45) is 5.41 Å². The molecule has 0 aliphatic carbocycles. The number of aliphatic hydroxyl groups excluding tert-OH is 1. The molecule has 0 bridgehead atoms. The van der Waals surface area contributed by atoms with E-state index in [-0.39, 0.29) is 61.8 Å². The summed E-state index contributed by atoms with van der Waals surface area (Å²) in [5.74, 6) is -1.42. The lowest BCUT2D eigenvalue weighted by Gasteiger charge is -2.35. The molecule has 400 valence electrons. The van der Waals surface area contributed by atoms with E-state index in [9.17, 15) is 33.9 Å². The second-order valence-corrected chi connectivity index (χ2v) is 22.4. The van der Waals surface area contributed by atoms with Crippen molar-refractivity contribution >= 4 is 52.7 Å². The second kappa shape index (κ2) is 24.1. The lowest BCUT2D eigenvalue weighted by atomic mass is 9.85. The van der Waals surface area contributed by atoms with Crippen LogP contribution in [0.2, 0.25) is 0 Å². The Morgan fingerprint density at radius 3 is 2.17 bits per heavy atom. The van der Waals surface area contributed by atoms with E-state index in [1.807, 2.05) is 128 Å². The van der Waals surface area contributed by atoms with E-state index < -0.39 is 41.0 Å². The predicted octanol–water partition coefficient (Wildman–Crippen LogP) is 7.21. The number of rotatable bonds is 20. The highest BCUT2D eigenvalue weighted by molar-refractivity contribution is 7.13. The van der Waals surface area contributed by atoms with Crippen LogP contribution in [-0.4, -0.2) is 122 Å². The first kappa shape index (κ1) is 55.8. The Labute approximate surface area is 443 Å².